The van der Waals surface area contributed by atoms with Gasteiger partial charge in [0.1, 0.15) is 12.4 Å². The number of aromatic nitrogens is 2. The number of rotatable bonds is 2. The van der Waals surface area contributed by atoms with Gasteiger partial charge in [-0.2, -0.15) is 0 Å². The molecule has 0 bridgehead atoms. The van der Waals surface area contributed by atoms with Gasteiger partial charge in [0.15, 0.2) is 0 Å². The van der Waals surface area contributed by atoms with Crippen LogP contribution in [0.4, 0.5) is 0 Å². The van der Waals surface area contributed by atoms with E-state index in [1.807, 2.05) is 26.0 Å². The second-order valence-corrected chi connectivity index (χ2v) is 4.84. The van der Waals surface area contributed by atoms with Crippen LogP contribution < -0.4 is 0 Å². The fraction of sp³-hybridized carbons (Fsp3) is 0.231. The quantitative estimate of drug-likeness (QED) is 0.926. The molecule has 2 aromatic rings. The standard InChI is InChI=1S/C13H13BrN2O/c1-8-3-10(4-9(2)12(8)14)13(17)11-5-15-7-16-6-11/h3-7,13,17H,1-2H3. The number of aliphatic hydroxyl groups excluding tert-OH is 1. The Bertz CT molecular complexity index is 505. The van der Waals surface area contributed by atoms with E-state index in [-0.39, 0.29) is 0 Å². The van der Waals surface area contributed by atoms with Gasteiger partial charge < -0.3 is 5.11 Å². The van der Waals surface area contributed by atoms with Crippen LogP contribution in [0.15, 0.2) is 35.3 Å². The molecule has 1 heterocycles. The minimum Gasteiger partial charge on any atom is -0.384 e. The van der Waals surface area contributed by atoms with Crippen molar-refractivity contribution in [1.29, 1.82) is 0 Å². The van der Waals surface area contributed by atoms with Crippen molar-refractivity contribution in [2.75, 3.05) is 0 Å². The van der Waals surface area contributed by atoms with Crippen LogP contribution in [0.2, 0.25) is 0 Å². The van der Waals surface area contributed by atoms with Gasteiger partial charge in [-0.25, -0.2) is 9.97 Å². The lowest BCUT2D eigenvalue weighted by Crippen LogP contribution is -2.02. The zero-order chi connectivity index (χ0) is 12.4. The number of aliphatic hydroxyl groups is 1. The van der Waals surface area contributed by atoms with E-state index >= 15 is 0 Å². The molecule has 1 aromatic heterocycles. The molecular weight excluding hydrogens is 280 g/mol. The molecular formula is C13H13BrN2O. The molecule has 0 amide bonds. The maximum atomic E-state index is 10.2. The maximum Gasteiger partial charge on any atom is 0.115 e. The molecule has 0 aliphatic carbocycles. The van der Waals surface area contributed by atoms with Crippen molar-refractivity contribution in [2.45, 2.75) is 20.0 Å². The number of hydrogen-bond acceptors (Lipinski definition) is 3. The fourth-order valence-electron chi connectivity index (χ4n) is 1.78. The number of aryl methyl sites for hydroxylation is 2. The van der Waals surface area contributed by atoms with Gasteiger partial charge in [-0.1, -0.05) is 28.1 Å². The minimum atomic E-state index is -0.679. The summed E-state index contributed by atoms with van der Waals surface area (Å²) in [6.07, 6.45) is 4.03. The van der Waals surface area contributed by atoms with E-state index in [9.17, 15) is 5.11 Å². The fourth-order valence-corrected chi connectivity index (χ4v) is 2.01. The molecule has 0 saturated carbocycles. The van der Waals surface area contributed by atoms with Gasteiger partial charge in [0, 0.05) is 22.4 Å². The summed E-state index contributed by atoms with van der Waals surface area (Å²) >= 11 is 3.51. The van der Waals surface area contributed by atoms with Gasteiger partial charge in [0.2, 0.25) is 0 Å². The molecule has 1 unspecified atom stereocenters. The molecule has 0 radical (unpaired) electrons. The highest BCUT2D eigenvalue weighted by molar-refractivity contribution is 9.10. The number of hydrogen-bond donors (Lipinski definition) is 1. The minimum absolute atomic E-state index is 0.679. The van der Waals surface area contributed by atoms with Gasteiger partial charge >= 0.3 is 0 Å². The molecule has 88 valence electrons. The highest BCUT2D eigenvalue weighted by Gasteiger charge is 2.13. The lowest BCUT2D eigenvalue weighted by Gasteiger charge is -2.13. The Labute approximate surface area is 109 Å². The Kier molecular flexibility index (Phi) is 3.54. The van der Waals surface area contributed by atoms with Crippen molar-refractivity contribution in [3.63, 3.8) is 0 Å². The van der Waals surface area contributed by atoms with E-state index in [0.717, 1.165) is 21.2 Å². The van der Waals surface area contributed by atoms with Crippen LogP contribution >= 0.6 is 15.9 Å². The van der Waals surface area contributed by atoms with Gasteiger partial charge in [0.05, 0.1) is 0 Å². The first-order chi connectivity index (χ1) is 8.09. The van der Waals surface area contributed by atoms with E-state index in [0.29, 0.717) is 5.56 Å². The summed E-state index contributed by atoms with van der Waals surface area (Å²) in [6.45, 7) is 4.02. The lowest BCUT2D eigenvalue weighted by atomic mass is 10.00. The van der Waals surface area contributed by atoms with E-state index in [1.54, 1.807) is 12.4 Å². The highest BCUT2D eigenvalue weighted by atomic mass is 79.9. The van der Waals surface area contributed by atoms with Gasteiger partial charge in [-0.3, -0.25) is 0 Å². The third-order valence-corrected chi connectivity index (χ3v) is 3.92. The van der Waals surface area contributed by atoms with E-state index in [2.05, 4.69) is 25.9 Å². The summed E-state index contributed by atoms with van der Waals surface area (Å²) in [6, 6.07) is 3.93. The molecule has 0 saturated heterocycles. The summed E-state index contributed by atoms with van der Waals surface area (Å²) in [5.41, 5.74) is 3.78. The number of benzene rings is 1. The zero-order valence-electron chi connectivity index (χ0n) is 9.68. The average molecular weight is 293 g/mol. The second-order valence-electron chi connectivity index (χ2n) is 4.04. The molecule has 1 aromatic carbocycles. The van der Waals surface area contributed by atoms with Crippen molar-refractivity contribution in [1.82, 2.24) is 9.97 Å². The van der Waals surface area contributed by atoms with Crippen molar-refractivity contribution in [3.05, 3.63) is 57.6 Å². The molecule has 4 heteroatoms. The van der Waals surface area contributed by atoms with Crippen molar-refractivity contribution in [2.24, 2.45) is 0 Å². The summed E-state index contributed by atoms with van der Waals surface area (Å²) in [4.78, 5) is 7.83. The molecule has 0 spiro atoms. The van der Waals surface area contributed by atoms with Crippen LogP contribution in [0.1, 0.15) is 28.4 Å². The monoisotopic (exact) mass is 292 g/mol. The molecule has 3 nitrogen and oxygen atoms in total. The topological polar surface area (TPSA) is 46.0 Å². The smallest absolute Gasteiger partial charge is 0.115 e. The Morgan fingerprint density at radius 1 is 1.06 bits per heavy atom. The van der Waals surface area contributed by atoms with Crippen LogP contribution in [0.5, 0.6) is 0 Å². The summed E-state index contributed by atoms with van der Waals surface area (Å²) in [7, 11) is 0. The Morgan fingerprint density at radius 2 is 1.59 bits per heavy atom. The van der Waals surface area contributed by atoms with Gasteiger partial charge in [0.25, 0.3) is 0 Å². The third kappa shape index (κ3) is 2.53. The van der Waals surface area contributed by atoms with Crippen molar-refractivity contribution < 1.29 is 5.11 Å². The summed E-state index contributed by atoms with van der Waals surface area (Å²) in [5, 5.41) is 10.2. The van der Waals surface area contributed by atoms with Crippen molar-refractivity contribution in [3.8, 4) is 0 Å². The highest BCUT2D eigenvalue weighted by Crippen LogP contribution is 2.28. The Hall–Kier alpha value is -1.26. The van der Waals surface area contributed by atoms with E-state index < -0.39 is 6.10 Å². The Balaban J connectivity index is 2.41. The predicted octanol–water partition coefficient (Wildman–Crippen LogP) is 2.94. The first-order valence-electron chi connectivity index (χ1n) is 5.29. The molecule has 0 aliphatic rings. The normalized spacial score (nSPS) is 12.5. The van der Waals surface area contributed by atoms with Crippen LogP contribution in [0.3, 0.4) is 0 Å². The average Bonchev–Trinajstić information content (AvgIpc) is 2.35. The molecule has 0 fully saturated rings. The molecule has 0 aliphatic heterocycles. The lowest BCUT2D eigenvalue weighted by molar-refractivity contribution is 0.219. The van der Waals surface area contributed by atoms with Gasteiger partial charge in [-0.15, -0.1) is 0 Å². The SMILES string of the molecule is Cc1cc(C(O)c2cncnc2)cc(C)c1Br. The van der Waals surface area contributed by atoms with Crippen LogP contribution in [-0.4, -0.2) is 15.1 Å². The summed E-state index contributed by atoms with van der Waals surface area (Å²) < 4.78 is 1.08. The largest absolute Gasteiger partial charge is 0.384 e. The molecule has 17 heavy (non-hydrogen) atoms. The zero-order valence-corrected chi connectivity index (χ0v) is 11.3. The van der Waals surface area contributed by atoms with Crippen LogP contribution in [0, 0.1) is 13.8 Å². The predicted molar refractivity (Wildman–Crippen MR) is 69.7 cm³/mol. The second kappa shape index (κ2) is 4.94. The Morgan fingerprint density at radius 3 is 2.12 bits per heavy atom. The molecule has 1 N–H and O–H groups in total. The van der Waals surface area contributed by atoms with E-state index in [4.69, 9.17) is 0 Å². The summed E-state index contributed by atoms with van der Waals surface area (Å²) in [5.74, 6) is 0. The first-order valence-corrected chi connectivity index (χ1v) is 6.08. The van der Waals surface area contributed by atoms with Crippen molar-refractivity contribution >= 4 is 15.9 Å². The first kappa shape index (κ1) is 12.2. The molecule has 1 atom stereocenters. The van der Waals surface area contributed by atoms with Crippen LogP contribution in [0.25, 0.3) is 0 Å². The number of nitrogens with zero attached hydrogens (tertiary/aromatic N) is 2. The van der Waals surface area contributed by atoms with E-state index in [1.165, 1.54) is 6.33 Å². The number of halogens is 1. The van der Waals surface area contributed by atoms with Gasteiger partial charge in [-0.05, 0) is 30.5 Å². The molecule has 2 rings (SSSR count). The third-order valence-electron chi connectivity index (χ3n) is 2.67. The van der Waals surface area contributed by atoms with Crippen LogP contribution in [-0.2, 0) is 0 Å². The maximum absolute atomic E-state index is 10.2.